The quantitative estimate of drug-likeness (QED) is 0.904. The highest BCUT2D eigenvalue weighted by Gasteiger charge is 2.27. The van der Waals surface area contributed by atoms with Gasteiger partial charge < -0.3 is 10.0 Å². The van der Waals surface area contributed by atoms with Crippen LogP contribution >= 0.6 is 0 Å². The molecule has 4 heteroatoms. The average Bonchev–Trinajstić information content (AvgIpc) is 2.51. The van der Waals surface area contributed by atoms with Gasteiger partial charge in [-0.05, 0) is 43.9 Å². The van der Waals surface area contributed by atoms with Crippen molar-refractivity contribution in [1.29, 1.82) is 0 Å². The molecule has 1 heterocycles. The van der Waals surface area contributed by atoms with Crippen LogP contribution in [0, 0.1) is 12.7 Å². The van der Waals surface area contributed by atoms with Crippen molar-refractivity contribution in [3.05, 3.63) is 35.1 Å². The Morgan fingerprint density at radius 1 is 1.40 bits per heavy atom. The first kappa shape index (κ1) is 16.6. The fourth-order valence-corrected chi connectivity index (χ4v) is 2.35. The predicted octanol–water partition coefficient (Wildman–Crippen LogP) is 3.15. The second kappa shape index (κ2) is 8.00. The van der Waals surface area contributed by atoms with Crippen molar-refractivity contribution in [2.45, 2.75) is 46.1 Å². The van der Waals surface area contributed by atoms with Gasteiger partial charge in [0, 0.05) is 12.1 Å². The number of aliphatic hydroxyl groups is 1. The Hall–Kier alpha value is -1.42. The zero-order chi connectivity index (χ0) is 15.1. The van der Waals surface area contributed by atoms with Gasteiger partial charge in [0.15, 0.2) is 0 Å². The number of rotatable bonds is 2. The van der Waals surface area contributed by atoms with Gasteiger partial charge in [0.2, 0.25) is 0 Å². The summed E-state index contributed by atoms with van der Waals surface area (Å²) in [5.74, 6) is -0.550. The van der Waals surface area contributed by atoms with Gasteiger partial charge in [-0.2, -0.15) is 0 Å². The molecule has 0 radical (unpaired) electrons. The Bertz CT molecular complexity index is 448. The summed E-state index contributed by atoms with van der Waals surface area (Å²) in [6, 6.07) is 4.40. The molecule has 1 fully saturated rings. The zero-order valence-corrected chi connectivity index (χ0v) is 12.5. The fraction of sp³-hybridized carbons (Fsp3) is 0.562. The Morgan fingerprint density at radius 2 is 2.10 bits per heavy atom. The summed E-state index contributed by atoms with van der Waals surface area (Å²) in [4.78, 5) is 13.9. The number of carbonyl (C=O) groups is 1. The van der Waals surface area contributed by atoms with Gasteiger partial charge in [-0.3, -0.25) is 4.79 Å². The molecule has 0 aromatic heterocycles. The number of aliphatic hydroxyl groups excluding tert-OH is 1. The number of aryl methyl sites for hydroxylation is 1. The molecule has 1 atom stereocenters. The molecular formula is C16H24FNO2. The van der Waals surface area contributed by atoms with Gasteiger partial charge >= 0.3 is 0 Å². The Kier molecular flexibility index (Phi) is 6.65. The van der Waals surface area contributed by atoms with Crippen LogP contribution in [-0.2, 0) is 0 Å². The second-order valence-corrected chi connectivity index (χ2v) is 4.79. The van der Waals surface area contributed by atoms with E-state index in [-0.39, 0.29) is 24.4 Å². The summed E-state index contributed by atoms with van der Waals surface area (Å²) in [5, 5.41) is 9.29. The fourth-order valence-electron chi connectivity index (χ4n) is 2.35. The predicted molar refractivity (Wildman–Crippen MR) is 78.2 cm³/mol. The lowest BCUT2D eigenvalue weighted by Crippen LogP contribution is -2.45. The summed E-state index contributed by atoms with van der Waals surface area (Å²) in [5.41, 5.74) is 0.891. The van der Waals surface area contributed by atoms with Gasteiger partial charge in [-0.25, -0.2) is 4.39 Å². The smallest absolute Gasteiger partial charge is 0.254 e. The van der Waals surface area contributed by atoms with Crippen molar-refractivity contribution in [2.24, 2.45) is 0 Å². The SMILES string of the molecule is CC.Cc1ccc(C(=O)N2CCCCC2CO)cc1F. The molecule has 1 amide bonds. The number of halogens is 1. The summed E-state index contributed by atoms with van der Waals surface area (Å²) >= 11 is 0. The lowest BCUT2D eigenvalue weighted by molar-refractivity contribution is 0.0502. The van der Waals surface area contributed by atoms with E-state index in [1.54, 1.807) is 24.0 Å². The van der Waals surface area contributed by atoms with E-state index in [1.807, 2.05) is 13.8 Å². The lowest BCUT2D eigenvalue weighted by Gasteiger charge is -2.34. The van der Waals surface area contributed by atoms with Crippen molar-refractivity contribution in [2.75, 3.05) is 13.2 Å². The van der Waals surface area contributed by atoms with Crippen LogP contribution in [0.25, 0.3) is 0 Å². The number of benzene rings is 1. The maximum atomic E-state index is 13.5. The monoisotopic (exact) mass is 281 g/mol. The standard InChI is InChI=1S/C14H18FNO2.C2H6/c1-10-5-6-11(8-13(10)15)14(18)16-7-3-2-4-12(16)9-17;1-2/h5-6,8,12,17H,2-4,7,9H2,1H3;1-2H3. The minimum absolute atomic E-state index is 0.0277. The summed E-state index contributed by atoms with van der Waals surface area (Å²) in [7, 11) is 0. The van der Waals surface area contributed by atoms with Crippen molar-refractivity contribution in [3.8, 4) is 0 Å². The van der Waals surface area contributed by atoms with Crippen molar-refractivity contribution < 1.29 is 14.3 Å². The molecule has 1 aliphatic heterocycles. The first-order chi connectivity index (χ1) is 9.63. The molecule has 1 aromatic rings. The molecule has 20 heavy (non-hydrogen) atoms. The van der Waals surface area contributed by atoms with E-state index in [4.69, 9.17) is 0 Å². The maximum absolute atomic E-state index is 13.5. The number of nitrogens with zero attached hydrogens (tertiary/aromatic N) is 1. The Balaban J connectivity index is 0.000000956. The molecule has 3 nitrogen and oxygen atoms in total. The van der Waals surface area contributed by atoms with E-state index in [0.717, 1.165) is 19.3 Å². The molecule has 2 rings (SSSR count). The number of hydrogen-bond donors (Lipinski definition) is 1. The van der Waals surface area contributed by atoms with E-state index < -0.39 is 0 Å². The van der Waals surface area contributed by atoms with Crippen LogP contribution in [0.2, 0.25) is 0 Å². The summed E-state index contributed by atoms with van der Waals surface area (Å²) in [6.45, 7) is 6.28. The van der Waals surface area contributed by atoms with Crippen LogP contribution in [0.3, 0.4) is 0 Å². The van der Waals surface area contributed by atoms with E-state index in [0.29, 0.717) is 17.7 Å². The number of likely N-dealkylation sites (tertiary alicyclic amines) is 1. The average molecular weight is 281 g/mol. The number of piperidine rings is 1. The van der Waals surface area contributed by atoms with Gasteiger partial charge in [0.1, 0.15) is 5.82 Å². The molecule has 0 spiro atoms. The topological polar surface area (TPSA) is 40.5 Å². The summed E-state index contributed by atoms with van der Waals surface area (Å²) < 4.78 is 13.5. The molecule has 1 saturated heterocycles. The molecule has 0 aliphatic carbocycles. The number of hydrogen-bond acceptors (Lipinski definition) is 2. The van der Waals surface area contributed by atoms with E-state index in [1.165, 1.54) is 6.07 Å². The third-order valence-corrected chi connectivity index (χ3v) is 3.52. The highest BCUT2D eigenvalue weighted by atomic mass is 19.1. The minimum atomic E-state index is -0.363. The van der Waals surface area contributed by atoms with Crippen LogP contribution in [0.15, 0.2) is 18.2 Å². The molecular weight excluding hydrogens is 257 g/mol. The van der Waals surface area contributed by atoms with Crippen LogP contribution in [0.5, 0.6) is 0 Å². The van der Waals surface area contributed by atoms with Gasteiger partial charge in [0.25, 0.3) is 5.91 Å². The highest BCUT2D eigenvalue weighted by molar-refractivity contribution is 5.94. The molecule has 0 saturated carbocycles. The highest BCUT2D eigenvalue weighted by Crippen LogP contribution is 2.20. The van der Waals surface area contributed by atoms with E-state index >= 15 is 0 Å². The molecule has 1 unspecified atom stereocenters. The molecule has 0 bridgehead atoms. The van der Waals surface area contributed by atoms with Crippen LogP contribution < -0.4 is 0 Å². The normalized spacial score (nSPS) is 18.2. The zero-order valence-electron chi connectivity index (χ0n) is 12.5. The number of carbonyl (C=O) groups excluding carboxylic acids is 1. The van der Waals surface area contributed by atoms with Crippen LogP contribution in [0.4, 0.5) is 4.39 Å². The minimum Gasteiger partial charge on any atom is -0.394 e. The van der Waals surface area contributed by atoms with E-state index in [9.17, 15) is 14.3 Å². The van der Waals surface area contributed by atoms with Gasteiger partial charge in [-0.15, -0.1) is 0 Å². The first-order valence-corrected chi connectivity index (χ1v) is 7.31. The largest absolute Gasteiger partial charge is 0.394 e. The maximum Gasteiger partial charge on any atom is 0.254 e. The van der Waals surface area contributed by atoms with E-state index in [2.05, 4.69) is 0 Å². The third-order valence-electron chi connectivity index (χ3n) is 3.52. The van der Waals surface area contributed by atoms with Crippen molar-refractivity contribution >= 4 is 5.91 Å². The van der Waals surface area contributed by atoms with Crippen molar-refractivity contribution in [3.63, 3.8) is 0 Å². The molecule has 1 N–H and O–H groups in total. The lowest BCUT2D eigenvalue weighted by atomic mass is 10.0. The molecule has 1 aromatic carbocycles. The molecule has 112 valence electrons. The third kappa shape index (κ3) is 3.79. The van der Waals surface area contributed by atoms with Crippen LogP contribution in [-0.4, -0.2) is 35.1 Å². The number of amides is 1. The second-order valence-electron chi connectivity index (χ2n) is 4.79. The Labute approximate surface area is 120 Å². The first-order valence-electron chi connectivity index (χ1n) is 7.31. The molecule has 1 aliphatic rings. The van der Waals surface area contributed by atoms with Crippen LogP contribution in [0.1, 0.15) is 49.0 Å². The van der Waals surface area contributed by atoms with Crippen molar-refractivity contribution in [1.82, 2.24) is 4.90 Å². The Morgan fingerprint density at radius 3 is 2.70 bits per heavy atom. The van der Waals surface area contributed by atoms with Gasteiger partial charge in [0.05, 0.1) is 12.6 Å². The summed E-state index contributed by atoms with van der Waals surface area (Å²) in [6.07, 6.45) is 2.78. The van der Waals surface area contributed by atoms with Gasteiger partial charge in [-0.1, -0.05) is 19.9 Å².